The molecule has 0 atom stereocenters. The molecule has 1 amide bonds. The third-order valence-electron chi connectivity index (χ3n) is 3.88. The summed E-state index contributed by atoms with van der Waals surface area (Å²) in [5, 5.41) is 2.90. The summed E-state index contributed by atoms with van der Waals surface area (Å²) in [6, 6.07) is 10.0. The van der Waals surface area contributed by atoms with Crippen molar-refractivity contribution in [3.8, 4) is 5.75 Å². The fraction of sp³-hybridized carbons (Fsp3) is 0.316. The van der Waals surface area contributed by atoms with E-state index in [0.717, 1.165) is 33.7 Å². The molecule has 2 aromatic rings. The van der Waals surface area contributed by atoms with E-state index in [9.17, 15) is 4.79 Å². The maximum absolute atomic E-state index is 12.1. The normalized spacial score (nSPS) is 10.4. The lowest BCUT2D eigenvalue weighted by Crippen LogP contribution is -2.21. The van der Waals surface area contributed by atoms with E-state index >= 15 is 0 Å². The third-order valence-corrected chi connectivity index (χ3v) is 3.88. The lowest BCUT2D eigenvalue weighted by molar-refractivity contribution is -0.118. The van der Waals surface area contributed by atoms with Gasteiger partial charge in [-0.05, 0) is 62.9 Å². The average Bonchev–Trinajstić information content (AvgIpc) is 2.46. The van der Waals surface area contributed by atoms with Gasteiger partial charge in [-0.1, -0.05) is 29.8 Å². The first-order valence-corrected chi connectivity index (χ1v) is 7.45. The first-order chi connectivity index (χ1) is 10.4. The van der Waals surface area contributed by atoms with Crippen molar-refractivity contribution in [3.05, 3.63) is 58.1 Å². The summed E-state index contributed by atoms with van der Waals surface area (Å²) in [6.45, 7) is 10.1. The molecule has 0 heterocycles. The number of hydrogen-bond donors (Lipinski definition) is 1. The highest BCUT2D eigenvalue weighted by Crippen LogP contribution is 2.25. The largest absolute Gasteiger partial charge is 0.483 e. The monoisotopic (exact) mass is 297 g/mol. The minimum absolute atomic E-state index is 0.0124. The van der Waals surface area contributed by atoms with Crippen LogP contribution in [0.1, 0.15) is 27.8 Å². The van der Waals surface area contributed by atoms with E-state index in [4.69, 9.17) is 4.74 Å². The molecule has 0 aliphatic rings. The number of carbonyl (C=O) groups excluding carboxylic acids is 1. The molecule has 0 bridgehead atoms. The Bertz CT molecular complexity index is 705. The SMILES string of the molecule is Cc1ccc(NC(=O)COc2c(C)ccc(C)c2C)c(C)c1. The Kier molecular flexibility index (Phi) is 4.86. The van der Waals surface area contributed by atoms with Gasteiger partial charge < -0.3 is 10.1 Å². The molecule has 0 saturated carbocycles. The van der Waals surface area contributed by atoms with Gasteiger partial charge in [-0.2, -0.15) is 0 Å². The van der Waals surface area contributed by atoms with Crippen molar-refractivity contribution >= 4 is 11.6 Å². The van der Waals surface area contributed by atoms with Crippen LogP contribution in [0.15, 0.2) is 30.3 Å². The molecule has 116 valence electrons. The van der Waals surface area contributed by atoms with Gasteiger partial charge in [0.2, 0.25) is 0 Å². The molecule has 3 heteroatoms. The molecular weight excluding hydrogens is 274 g/mol. The van der Waals surface area contributed by atoms with Gasteiger partial charge >= 0.3 is 0 Å². The van der Waals surface area contributed by atoms with Gasteiger partial charge in [-0.3, -0.25) is 4.79 Å². The first-order valence-electron chi connectivity index (χ1n) is 7.45. The fourth-order valence-electron chi connectivity index (χ4n) is 2.43. The van der Waals surface area contributed by atoms with Gasteiger partial charge in [-0.25, -0.2) is 0 Å². The van der Waals surface area contributed by atoms with Crippen molar-refractivity contribution in [2.24, 2.45) is 0 Å². The summed E-state index contributed by atoms with van der Waals surface area (Å²) in [6.07, 6.45) is 0. The lowest BCUT2D eigenvalue weighted by Gasteiger charge is -2.14. The summed E-state index contributed by atoms with van der Waals surface area (Å²) in [7, 11) is 0. The van der Waals surface area contributed by atoms with Gasteiger partial charge in [0, 0.05) is 5.69 Å². The fourth-order valence-corrected chi connectivity index (χ4v) is 2.43. The molecule has 22 heavy (non-hydrogen) atoms. The van der Waals surface area contributed by atoms with Gasteiger partial charge in [0.05, 0.1) is 0 Å². The molecule has 0 spiro atoms. The van der Waals surface area contributed by atoms with Crippen molar-refractivity contribution < 1.29 is 9.53 Å². The van der Waals surface area contributed by atoms with Crippen LogP contribution in [0.2, 0.25) is 0 Å². The van der Waals surface area contributed by atoms with Crippen LogP contribution in [0.3, 0.4) is 0 Å². The second-order valence-electron chi connectivity index (χ2n) is 5.81. The van der Waals surface area contributed by atoms with E-state index in [2.05, 4.69) is 11.4 Å². The molecule has 0 radical (unpaired) electrons. The Morgan fingerprint density at radius 1 is 0.955 bits per heavy atom. The molecule has 0 aliphatic heterocycles. The van der Waals surface area contributed by atoms with Crippen molar-refractivity contribution in [2.75, 3.05) is 11.9 Å². The van der Waals surface area contributed by atoms with E-state index in [-0.39, 0.29) is 12.5 Å². The molecule has 0 aliphatic carbocycles. The van der Waals surface area contributed by atoms with Gasteiger partial charge in [0.15, 0.2) is 6.61 Å². The molecule has 2 aromatic carbocycles. The van der Waals surface area contributed by atoms with Crippen LogP contribution in [0.5, 0.6) is 5.75 Å². The predicted octanol–water partition coefficient (Wildman–Crippen LogP) is 4.25. The standard InChI is InChI=1S/C19H23NO2/c1-12-6-9-17(15(4)10-12)20-18(21)11-22-19-14(3)8-7-13(2)16(19)5/h6-10H,11H2,1-5H3,(H,20,21). The summed E-state index contributed by atoms with van der Waals surface area (Å²) < 4.78 is 5.73. The zero-order chi connectivity index (χ0) is 16.3. The number of hydrogen-bond acceptors (Lipinski definition) is 2. The minimum Gasteiger partial charge on any atom is -0.483 e. The maximum atomic E-state index is 12.1. The second-order valence-corrected chi connectivity index (χ2v) is 5.81. The molecule has 2 rings (SSSR count). The van der Waals surface area contributed by atoms with Crippen LogP contribution in [0.25, 0.3) is 0 Å². The van der Waals surface area contributed by atoms with Crippen LogP contribution in [-0.2, 0) is 4.79 Å². The summed E-state index contributed by atoms with van der Waals surface area (Å²) >= 11 is 0. The molecule has 1 N–H and O–H groups in total. The number of rotatable bonds is 4. The number of aryl methyl sites for hydroxylation is 4. The number of anilines is 1. The van der Waals surface area contributed by atoms with E-state index in [1.165, 1.54) is 5.56 Å². The highest BCUT2D eigenvalue weighted by molar-refractivity contribution is 5.92. The molecule has 0 unspecified atom stereocenters. The number of ether oxygens (including phenoxy) is 1. The van der Waals surface area contributed by atoms with Crippen molar-refractivity contribution in [1.82, 2.24) is 0 Å². The smallest absolute Gasteiger partial charge is 0.262 e. The lowest BCUT2D eigenvalue weighted by atomic mass is 10.1. The van der Waals surface area contributed by atoms with Crippen LogP contribution in [-0.4, -0.2) is 12.5 Å². The molecule has 0 saturated heterocycles. The Labute approximate surface area is 132 Å². The quantitative estimate of drug-likeness (QED) is 0.916. The highest BCUT2D eigenvalue weighted by Gasteiger charge is 2.10. The van der Waals surface area contributed by atoms with Gasteiger partial charge in [-0.15, -0.1) is 0 Å². The first kappa shape index (κ1) is 16.1. The minimum atomic E-state index is -0.146. The Balaban J connectivity index is 2.03. The van der Waals surface area contributed by atoms with Crippen LogP contribution < -0.4 is 10.1 Å². The number of carbonyl (C=O) groups is 1. The highest BCUT2D eigenvalue weighted by atomic mass is 16.5. The molecule has 0 aromatic heterocycles. The van der Waals surface area contributed by atoms with E-state index in [1.807, 2.05) is 58.9 Å². The summed E-state index contributed by atoms with van der Waals surface area (Å²) in [5.74, 6) is 0.656. The Morgan fingerprint density at radius 3 is 2.32 bits per heavy atom. The summed E-state index contributed by atoms with van der Waals surface area (Å²) in [5.41, 5.74) is 6.35. The molecule has 0 fully saturated rings. The third kappa shape index (κ3) is 3.67. The zero-order valence-corrected chi connectivity index (χ0v) is 13.9. The van der Waals surface area contributed by atoms with Crippen molar-refractivity contribution in [2.45, 2.75) is 34.6 Å². The number of nitrogens with one attached hydrogen (secondary N) is 1. The topological polar surface area (TPSA) is 38.3 Å². The number of amides is 1. The Hall–Kier alpha value is -2.29. The molecule has 3 nitrogen and oxygen atoms in total. The average molecular weight is 297 g/mol. The van der Waals surface area contributed by atoms with Crippen LogP contribution in [0, 0.1) is 34.6 Å². The predicted molar refractivity (Wildman–Crippen MR) is 90.7 cm³/mol. The number of benzene rings is 2. The van der Waals surface area contributed by atoms with E-state index in [0.29, 0.717) is 0 Å². The van der Waals surface area contributed by atoms with Crippen molar-refractivity contribution in [3.63, 3.8) is 0 Å². The maximum Gasteiger partial charge on any atom is 0.262 e. The van der Waals surface area contributed by atoms with Gasteiger partial charge in [0.1, 0.15) is 5.75 Å². The van der Waals surface area contributed by atoms with Crippen molar-refractivity contribution in [1.29, 1.82) is 0 Å². The van der Waals surface area contributed by atoms with Crippen LogP contribution >= 0.6 is 0 Å². The molecular formula is C19H23NO2. The Morgan fingerprint density at radius 2 is 1.64 bits per heavy atom. The summed E-state index contributed by atoms with van der Waals surface area (Å²) in [4.78, 5) is 12.1. The zero-order valence-electron chi connectivity index (χ0n) is 13.9. The van der Waals surface area contributed by atoms with Gasteiger partial charge in [0.25, 0.3) is 5.91 Å². The van der Waals surface area contributed by atoms with Crippen LogP contribution in [0.4, 0.5) is 5.69 Å². The second kappa shape index (κ2) is 6.65. The van der Waals surface area contributed by atoms with E-state index in [1.54, 1.807) is 0 Å². The van der Waals surface area contributed by atoms with E-state index < -0.39 is 0 Å².